The molecule has 5 rings (SSSR count). The van der Waals surface area contributed by atoms with Crippen molar-refractivity contribution in [3.63, 3.8) is 0 Å². The molecule has 0 spiro atoms. The second kappa shape index (κ2) is 9.38. The third-order valence-corrected chi connectivity index (χ3v) is 6.82. The van der Waals surface area contributed by atoms with Crippen molar-refractivity contribution in [3.05, 3.63) is 82.9 Å². The zero-order chi connectivity index (χ0) is 25.4. The molecule has 0 aliphatic heterocycles. The molecule has 6 heteroatoms. The molecule has 184 valence electrons. The van der Waals surface area contributed by atoms with Crippen LogP contribution in [0.3, 0.4) is 0 Å². The van der Waals surface area contributed by atoms with Crippen molar-refractivity contribution in [2.75, 3.05) is 14.2 Å². The number of hydrogen-bond donors (Lipinski definition) is 4. The van der Waals surface area contributed by atoms with Crippen LogP contribution in [0.4, 0.5) is 0 Å². The maximum Gasteiger partial charge on any atom is 0.130 e. The van der Waals surface area contributed by atoms with Crippen molar-refractivity contribution in [1.82, 2.24) is 0 Å². The van der Waals surface area contributed by atoms with Gasteiger partial charge in [-0.05, 0) is 89.9 Å². The molecule has 0 aromatic heterocycles. The lowest BCUT2D eigenvalue weighted by molar-refractivity contribution is 0.404. The standard InChI is InChI=1S/C30H28O6/c1-35-26-14-18(7-6-17-4-3-5-20(31)12-17)13-24(33)30(26)29-23-10-8-19-15-21(32)9-11-22(19)28(23)27(36-2)16-25(29)34/h3-5,9,11-16,31-34H,6-8,10H2,1-2H3. The van der Waals surface area contributed by atoms with E-state index < -0.39 is 0 Å². The van der Waals surface area contributed by atoms with Gasteiger partial charge in [-0.1, -0.05) is 18.2 Å². The summed E-state index contributed by atoms with van der Waals surface area (Å²) in [5.74, 6) is 1.42. The molecule has 4 N–H and O–H groups in total. The van der Waals surface area contributed by atoms with Crippen LogP contribution in [0.5, 0.6) is 34.5 Å². The highest BCUT2D eigenvalue weighted by Gasteiger charge is 2.29. The second-order valence-corrected chi connectivity index (χ2v) is 9.03. The molecule has 4 aromatic rings. The summed E-state index contributed by atoms with van der Waals surface area (Å²) >= 11 is 0. The predicted molar refractivity (Wildman–Crippen MR) is 138 cm³/mol. The Labute approximate surface area is 209 Å². The van der Waals surface area contributed by atoms with Crippen molar-refractivity contribution in [3.8, 4) is 56.8 Å². The SMILES string of the molecule is COc1cc(CCc2cccc(O)c2)cc(O)c1-c1c(O)cc(OC)c2c1CCc1cc(O)ccc1-2. The summed E-state index contributed by atoms with van der Waals surface area (Å²) in [6.45, 7) is 0. The lowest BCUT2D eigenvalue weighted by Crippen LogP contribution is -2.08. The van der Waals surface area contributed by atoms with E-state index in [4.69, 9.17) is 9.47 Å². The number of aryl methyl sites for hydroxylation is 3. The van der Waals surface area contributed by atoms with Crippen molar-refractivity contribution in [2.24, 2.45) is 0 Å². The lowest BCUT2D eigenvalue weighted by Gasteiger charge is -2.26. The molecule has 0 fully saturated rings. The highest BCUT2D eigenvalue weighted by molar-refractivity contribution is 5.92. The minimum atomic E-state index is -0.00561. The number of benzene rings is 4. The van der Waals surface area contributed by atoms with E-state index >= 15 is 0 Å². The first kappa shape index (κ1) is 23.4. The zero-order valence-electron chi connectivity index (χ0n) is 20.2. The Bertz CT molecular complexity index is 1460. The van der Waals surface area contributed by atoms with Crippen LogP contribution in [0.25, 0.3) is 22.3 Å². The third-order valence-electron chi connectivity index (χ3n) is 6.82. The van der Waals surface area contributed by atoms with Gasteiger partial charge in [0, 0.05) is 17.2 Å². The van der Waals surface area contributed by atoms with Crippen molar-refractivity contribution < 1.29 is 29.9 Å². The Balaban J connectivity index is 1.62. The van der Waals surface area contributed by atoms with Crippen LogP contribution in [-0.2, 0) is 25.7 Å². The molecule has 0 saturated carbocycles. The van der Waals surface area contributed by atoms with Gasteiger partial charge >= 0.3 is 0 Å². The molecule has 1 aliphatic rings. The Hall–Kier alpha value is -4.32. The predicted octanol–water partition coefficient (Wildman–Crippen LogP) is 5.74. The number of rotatable bonds is 6. The molecule has 4 aromatic carbocycles. The van der Waals surface area contributed by atoms with E-state index in [1.54, 1.807) is 56.7 Å². The van der Waals surface area contributed by atoms with Crippen LogP contribution in [0.15, 0.2) is 60.7 Å². The topological polar surface area (TPSA) is 99.4 Å². The van der Waals surface area contributed by atoms with Crippen LogP contribution < -0.4 is 9.47 Å². The van der Waals surface area contributed by atoms with Gasteiger partial charge in [0.25, 0.3) is 0 Å². The van der Waals surface area contributed by atoms with Crippen molar-refractivity contribution >= 4 is 0 Å². The summed E-state index contributed by atoms with van der Waals surface area (Å²) in [6, 6.07) is 17.5. The number of fused-ring (bicyclic) bond motifs is 3. The molecule has 6 nitrogen and oxygen atoms in total. The Kier molecular flexibility index (Phi) is 6.10. The van der Waals surface area contributed by atoms with E-state index in [2.05, 4.69) is 0 Å². The van der Waals surface area contributed by atoms with Gasteiger partial charge in [0.15, 0.2) is 0 Å². The Morgan fingerprint density at radius 3 is 2.08 bits per heavy atom. The Morgan fingerprint density at radius 1 is 0.639 bits per heavy atom. The summed E-state index contributed by atoms with van der Waals surface area (Å²) in [4.78, 5) is 0. The van der Waals surface area contributed by atoms with Gasteiger partial charge in [0.2, 0.25) is 0 Å². The summed E-state index contributed by atoms with van der Waals surface area (Å²) in [5, 5.41) is 42.0. The average Bonchev–Trinajstić information content (AvgIpc) is 2.87. The monoisotopic (exact) mass is 484 g/mol. The molecule has 36 heavy (non-hydrogen) atoms. The molecule has 0 atom stereocenters. The summed E-state index contributed by atoms with van der Waals surface area (Å²) in [7, 11) is 3.10. The van der Waals surface area contributed by atoms with E-state index in [-0.39, 0.29) is 23.0 Å². The maximum absolute atomic E-state index is 11.2. The molecule has 0 bridgehead atoms. The van der Waals surface area contributed by atoms with Crippen LogP contribution in [0.1, 0.15) is 22.3 Å². The van der Waals surface area contributed by atoms with Crippen LogP contribution in [0, 0.1) is 0 Å². The number of methoxy groups -OCH3 is 2. The van der Waals surface area contributed by atoms with Gasteiger partial charge in [-0.3, -0.25) is 0 Å². The zero-order valence-corrected chi connectivity index (χ0v) is 20.2. The van der Waals surface area contributed by atoms with E-state index in [0.717, 1.165) is 33.4 Å². The van der Waals surface area contributed by atoms with Gasteiger partial charge in [0.05, 0.1) is 19.8 Å². The fourth-order valence-corrected chi connectivity index (χ4v) is 5.19. The summed E-state index contributed by atoms with van der Waals surface area (Å²) < 4.78 is 11.3. The minimum Gasteiger partial charge on any atom is -0.508 e. The highest BCUT2D eigenvalue weighted by atomic mass is 16.5. The third kappa shape index (κ3) is 4.15. The van der Waals surface area contributed by atoms with Gasteiger partial charge < -0.3 is 29.9 Å². The maximum atomic E-state index is 11.2. The van der Waals surface area contributed by atoms with Crippen LogP contribution in [-0.4, -0.2) is 34.6 Å². The van der Waals surface area contributed by atoms with Crippen molar-refractivity contribution in [1.29, 1.82) is 0 Å². The number of phenolic OH excluding ortho intramolecular Hbond substituents is 4. The highest BCUT2D eigenvalue weighted by Crippen LogP contribution is 2.52. The minimum absolute atomic E-state index is 0.00561. The van der Waals surface area contributed by atoms with E-state index in [1.165, 1.54) is 0 Å². The number of ether oxygens (including phenoxy) is 2. The first-order valence-corrected chi connectivity index (χ1v) is 11.8. The van der Waals surface area contributed by atoms with Gasteiger partial charge in [-0.15, -0.1) is 0 Å². The molecule has 1 aliphatic carbocycles. The Morgan fingerprint density at radius 2 is 1.33 bits per heavy atom. The normalized spacial score (nSPS) is 12.1. The second-order valence-electron chi connectivity index (χ2n) is 9.03. The largest absolute Gasteiger partial charge is 0.508 e. The number of hydrogen-bond acceptors (Lipinski definition) is 6. The average molecular weight is 485 g/mol. The van der Waals surface area contributed by atoms with Crippen molar-refractivity contribution in [2.45, 2.75) is 25.7 Å². The molecular formula is C30H28O6. The van der Waals surface area contributed by atoms with Crippen LogP contribution >= 0.6 is 0 Å². The van der Waals surface area contributed by atoms with Crippen LogP contribution in [0.2, 0.25) is 0 Å². The summed E-state index contributed by atoms with van der Waals surface area (Å²) in [5.41, 5.74) is 6.41. The molecule has 0 amide bonds. The number of aromatic hydroxyl groups is 4. The van der Waals surface area contributed by atoms with E-state index in [0.29, 0.717) is 48.3 Å². The molecule has 0 heterocycles. The first-order valence-electron chi connectivity index (χ1n) is 11.8. The fourth-order valence-electron chi connectivity index (χ4n) is 5.19. The quantitative estimate of drug-likeness (QED) is 0.278. The number of phenols is 4. The fraction of sp³-hybridized carbons (Fsp3) is 0.200. The summed E-state index contributed by atoms with van der Waals surface area (Å²) in [6.07, 6.45) is 2.58. The first-order chi connectivity index (χ1) is 17.4. The van der Waals surface area contributed by atoms with E-state index in [1.807, 2.05) is 18.2 Å². The smallest absolute Gasteiger partial charge is 0.130 e. The van der Waals surface area contributed by atoms with E-state index in [9.17, 15) is 20.4 Å². The molecule has 0 radical (unpaired) electrons. The van der Waals surface area contributed by atoms with Gasteiger partial charge in [-0.25, -0.2) is 0 Å². The molecular weight excluding hydrogens is 456 g/mol. The van der Waals surface area contributed by atoms with Gasteiger partial charge in [0.1, 0.15) is 34.5 Å². The molecule has 0 saturated heterocycles. The molecule has 0 unspecified atom stereocenters. The van der Waals surface area contributed by atoms with Gasteiger partial charge in [-0.2, -0.15) is 0 Å². The lowest BCUT2D eigenvalue weighted by atomic mass is 9.80.